The van der Waals surface area contributed by atoms with Gasteiger partial charge in [0.05, 0.1) is 10.6 Å². The second-order valence-electron chi connectivity index (χ2n) is 8.71. The molecule has 3 aromatic rings. The topological polar surface area (TPSA) is 74.3 Å². The number of hydrogen-bond acceptors (Lipinski definition) is 4. The summed E-state index contributed by atoms with van der Waals surface area (Å²) in [6.07, 6.45) is 3.66. The van der Waals surface area contributed by atoms with Crippen molar-refractivity contribution in [2.45, 2.75) is 31.7 Å². The van der Waals surface area contributed by atoms with Gasteiger partial charge >= 0.3 is 0 Å². The molecule has 1 heterocycles. The average molecular weight is 497 g/mol. The number of amides is 2. The van der Waals surface area contributed by atoms with E-state index < -0.39 is 0 Å². The lowest BCUT2D eigenvalue weighted by Crippen LogP contribution is -2.32. The predicted octanol–water partition coefficient (Wildman–Crippen LogP) is 5.76. The van der Waals surface area contributed by atoms with Crippen LogP contribution in [0.4, 0.5) is 11.5 Å². The van der Waals surface area contributed by atoms with Crippen molar-refractivity contribution in [2.75, 3.05) is 24.2 Å². The third-order valence-corrected chi connectivity index (χ3v) is 6.63. The Bertz CT molecular complexity index is 1190. The second kappa shape index (κ2) is 10.0. The van der Waals surface area contributed by atoms with E-state index in [4.69, 9.17) is 23.2 Å². The molecule has 2 amide bonds. The lowest BCUT2D eigenvalue weighted by Gasteiger charge is -2.23. The number of likely N-dealkylation sites (N-methyl/N-ethyl adjacent to an activating group) is 1. The van der Waals surface area contributed by atoms with E-state index in [1.54, 1.807) is 42.2 Å². The molecule has 4 rings (SSSR count). The molecule has 1 aliphatic carbocycles. The van der Waals surface area contributed by atoms with Crippen molar-refractivity contribution >= 4 is 46.5 Å². The van der Waals surface area contributed by atoms with E-state index in [0.717, 1.165) is 24.9 Å². The second-order valence-corrected chi connectivity index (χ2v) is 9.58. The highest BCUT2D eigenvalue weighted by Gasteiger charge is 2.45. The van der Waals surface area contributed by atoms with Gasteiger partial charge in [0, 0.05) is 49.4 Å². The Morgan fingerprint density at radius 1 is 1.03 bits per heavy atom. The molecule has 8 heteroatoms. The number of halogens is 2. The van der Waals surface area contributed by atoms with Crippen molar-refractivity contribution in [1.29, 1.82) is 0 Å². The summed E-state index contributed by atoms with van der Waals surface area (Å²) >= 11 is 12.0. The minimum absolute atomic E-state index is 0.0729. The Labute approximate surface area is 209 Å². The molecule has 0 radical (unpaired) electrons. The smallest absolute Gasteiger partial charge is 0.258 e. The monoisotopic (exact) mass is 496 g/mol. The lowest BCUT2D eigenvalue weighted by atomic mass is 9.94. The van der Waals surface area contributed by atoms with E-state index in [1.807, 2.05) is 7.05 Å². The number of rotatable bonds is 8. The van der Waals surface area contributed by atoms with Crippen LogP contribution in [0, 0.1) is 0 Å². The van der Waals surface area contributed by atoms with Gasteiger partial charge in [-0.15, -0.1) is 0 Å². The zero-order chi connectivity index (χ0) is 24.3. The number of carbonyl (C=O) groups excluding carboxylic acids is 2. The number of anilines is 2. The first-order valence-corrected chi connectivity index (χ1v) is 11.8. The number of nitrogens with zero attached hydrogens (tertiary/aromatic N) is 2. The molecule has 0 atom stereocenters. The van der Waals surface area contributed by atoms with E-state index in [-0.39, 0.29) is 17.2 Å². The summed E-state index contributed by atoms with van der Waals surface area (Å²) in [5, 5.41) is 7.07. The molecule has 176 valence electrons. The summed E-state index contributed by atoms with van der Waals surface area (Å²) in [5.74, 6) is 0.169. The van der Waals surface area contributed by atoms with Gasteiger partial charge in [-0.2, -0.15) is 0 Å². The van der Waals surface area contributed by atoms with E-state index in [9.17, 15) is 9.59 Å². The SMILES string of the molecule is CC(=O)N(C)CC1(c2ccc(CNc3ccc(Cl)cc3C(=O)Nc3ccc(Cl)cn3)cc2)CC1. The van der Waals surface area contributed by atoms with Crippen LogP contribution in [0.15, 0.2) is 60.8 Å². The highest BCUT2D eigenvalue weighted by Crippen LogP contribution is 2.48. The van der Waals surface area contributed by atoms with Crippen LogP contribution in [-0.4, -0.2) is 35.3 Å². The molecule has 2 N–H and O–H groups in total. The molecule has 0 aliphatic heterocycles. The van der Waals surface area contributed by atoms with Crippen LogP contribution in [0.1, 0.15) is 41.3 Å². The normalized spacial score (nSPS) is 13.8. The molecule has 1 saturated carbocycles. The van der Waals surface area contributed by atoms with Gasteiger partial charge < -0.3 is 15.5 Å². The summed E-state index contributed by atoms with van der Waals surface area (Å²) in [6, 6.07) is 16.9. The van der Waals surface area contributed by atoms with Crippen molar-refractivity contribution in [1.82, 2.24) is 9.88 Å². The predicted molar refractivity (Wildman–Crippen MR) is 137 cm³/mol. The van der Waals surface area contributed by atoms with Crippen LogP contribution in [0.5, 0.6) is 0 Å². The minimum atomic E-state index is -0.319. The van der Waals surface area contributed by atoms with Crippen molar-refractivity contribution < 1.29 is 9.59 Å². The van der Waals surface area contributed by atoms with Gasteiger partial charge in [0.2, 0.25) is 5.91 Å². The van der Waals surface area contributed by atoms with Gasteiger partial charge in [-0.25, -0.2) is 4.98 Å². The third kappa shape index (κ3) is 5.69. The summed E-state index contributed by atoms with van der Waals surface area (Å²) in [7, 11) is 1.85. The van der Waals surface area contributed by atoms with Crippen LogP contribution in [-0.2, 0) is 16.8 Å². The van der Waals surface area contributed by atoms with Crippen molar-refractivity contribution in [3.8, 4) is 0 Å². The highest BCUT2D eigenvalue weighted by molar-refractivity contribution is 6.31. The number of hydrogen-bond donors (Lipinski definition) is 2. The van der Waals surface area contributed by atoms with Gasteiger partial charge in [-0.1, -0.05) is 47.5 Å². The third-order valence-electron chi connectivity index (χ3n) is 6.18. The first kappa shape index (κ1) is 24.0. The number of benzene rings is 2. The molecule has 1 aliphatic rings. The lowest BCUT2D eigenvalue weighted by molar-refractivity contribution is -0.127. The fourth-order valence-corrected chi connectivity index (χ4v) is 4.20. The number of nitrogens with one attached hydrogen (secondary N) is 2. The molecule has 6 nitrogen and oxygen atoms in total. The van der Waals surface area contributed by atoms with E-state index in [1.165, 1.54) is 11.8 Å². The van der Waals surface area contributed by atoms with Crippen LogP contribution in [0.25, 0.3) is 0 Å². The fraction of sp³-hybridized carbons (Fsp3) is 0.269. The van der Waals surface area contributed by atoms with Gasteiger partial charge in [-0.05, 0) is 54.3 Å². The van der Waals surface area contributed by atoms with Crippen molar-refractivity contribution in [3.63, 3.8) is 0 Å². The van der Waals surface area contributed by atoms with Crippen LogP contribution < -0.4 is 10.6 Å². The molecule has 0 unspecified atom stereocenters. The quantitative estimate of drug-likeness (QED) is 0.415. The van der Waals surface area contributed by atoms with Crippen molar-refractivity contribution in [2.24, 2.45) is 0 Å². The van der Waals surface area contributed by atoms with Crippen LogP contribution in [0.2, 0.25) is 10.0 Å². The fourth-order valence-electron chi connectivity index (χ4n) is 3.92. The molecule has 0 spiro atoms. The zero-order valence-corrected chi connectivity index (χ0v) is 20.6. The Kier molecular flexibility index (Phi) is 7.10. The van der Waals surface area contributed by atoms with E-state index in [0.29, 0.717) is 33.7 Å². The van der Waals surface area contributed by atoms with Crippen LogP contribution >= 0.6 is 23.2 Å². The number of aromatic nitrogens is 1. The van der Waals surface area contributed by atoms with Gasteiger partial charge in [0.25, 0.3) is 5.91 Å². The highest BCUT2D eigenvalue weighted by atomic mass is 35.5. The van der Waals surface area contributed by atoms with Crippen LogP contribution in [0.3, 0.4) is 0 Å². The largest absolute Gasteiger partial charge is 0.380 e. The van der Waals surface area contributed by atoms with Gasteiger partial charge in [0.15, 0.2) is 0 Å². The summed E-state index contributed by atoms with van der Waals surface area (Å²) in [6.45, 7) is 2.88. The molecule has 1 fully saturated rings. The molecule has 34 heavy (non-hydrogen) atoms. The van der Waals surface area contributed by atoms with Gasteiger partial charge in [0.1, 0.15) is 5.82 Å². The Morgan fingerprint density at radius 2 is 1.74 bits per heavy atom. The molecular formula is C26H26Cl2N4O2. The van der Waals surface area contributed by atoms with E-state index in [2.05, 4.69) is 39.9 Å². The van der Waals surface area contributed by atoms with Gasteiger partial charge in [-0.3, -0.25) is 9.59 Å². The first-order chi connectivity index (χ1) is 16.3. The van der Waals surface area contributed by atoms with E-state index >= 15 is 0 Å². The zero-order valence-electron chi connectivity index (χ0n) is 19.1. The maximum Gasteiger partial charge on any atom is 0.258 e. The maximum atomic E-state index is 12.9. The molecule has 0 bridgehead atoms. The Morgan fingerprint density at radius 3 is 2.35 bits per heavy atom. The molecule has 0 saturated heterocycles. The Balaban J connectivity index is 1.43. The molecule has 1 aromatic heterocycles. The maximum absolute atomic E-state index is 12.9. The summed E-state index contributed by atoms with van der Waals surface area (Å²) in [5.41, 5.74) is 3.50. The number of pyridine rings is 1. The standard InChI is InChI=1S/C26H26Cl2N4O2/c1-17(33)32(2)16-26(11-12-26)19-5-3-18(4-6-19)14-29-23-9-7-20(27)13-22(23)25(34)31-24-10-8-21(28)15-30-24/h3-10,13,15,29H,11-12,14,16H2,1-2H3,(H,30,31,34). The number of carbonyl (C=O) groups is 2. The molecular weight excluding hydrogens is 471 g/mol. The van der Waals surface area contributed by atoms with Crippen molar-refractivity contribution in [3.05, 3.63) is 87.5 Å². The first-order valence-electron chi connectivity index (χ1n) is 11.0. The average Bonchev–Trinajstić information content (AvgIpc) is 3.60. The molecule has 2 aromatic carbocycles. The summed E-state index contributed by atoms with van der Waals surface area (Å²) in [4.78, 5) is 30.4. The minimum Gasteiger partial charge on any atom is -0.380 e. The Hall–Kier alpha value is -3.09. The summed E-state index contributed by atoms with van der Waals surface area (Å²) < 4.78 is 0.